The van der Waals surface area contributed by atoms with Gasteiger partial charge in [-0.05, 0) is 25.7 Å². The van der Waals surface area contributed by atoms with Gasteiger partial charge in [0, 0.05) is 24.7 Å². The van der Waals surface area contributed by atoms with Crippen LogP contribution in [0.5, 0.6) is 0 Å². The molecule has 0 amide bonds. The van der Waals surface area contributed by atoms with E-state index in [2.05, 4.69) is 21.6 Å². The smallest absolute Gasteiger partial charge is 0.0701 e. The Hall–Kier alpha value is 0.140. The number of ether oxygens (including phenoxy) is 12. The van der Waals surface area contributed by atoms with Crippen molar-refractivity contribution in [2.75, 3.05) is 183 Å². The van der Waals surface area contributed by atoms with Gasteiger partial charge in [0.1, 0.15) is 0 Å². The molecule has 2 N–H and O–H groups in total. The lowest BCUT2D eigenvalue weighted by Crippen LogP contribution is -2.14. The van der Waals surface area contributed by atoms with Crippen molar-refractivity contribution in [2.45, 2.75) is 116 Å². The Morgan fingerprint density at radius 1 is 0.177 bits per heavy atom. The van der Waals surface area contributed by atoms with E-state index < -0.39 is 0 Å². The van der Waals surface area contributed by atoms with Crippen molar-refractivity contribution in [1.82, 2.24) is 0 Å². The van der Waals surface area contributed by atoms with Crippen LogP contribution in [0.2, 0.25) is 0 Å². The molecule has 0 aliphatic rings. The summed E-state index contributed by atoms with van der Waals surface area (Å²) in [6, 6.07) is 0. The van der Waals surface area contributed by atoms with Gasteiger partial charge >= 0.3 is 0 Å². The molecule has 0 aliphatic carbocycles. The first-order chi connectivity index (χ1) is 30.9. The van der Waals surface area contributed by atoms with E-state index in [1.54, 1.807) is 0 Å². The fraction of sp³-hybridized carbons (Fsp3) is 1.00. The highest BCUT2D eigenvalue weighted by Crippen LogP contribution is 2.25. The van der Waals surface area contributed by atoms with E-state index in [4.69, 9.17) is 67.1 Å². The second-order valence-electron chi connectivity index (χ2n) is 14.8. The third-order valence-corrected chi connectivity index (χ3v) is 11.9. The van der Waals surface area contributed by atoms with Gasteiger partial charge in [-0.3, -0.25) is 0 Å². The number of aliphatic hydroxyl groups is 2. The molecule has 0 aliphatic heterocycles. The van der Waals surface area contributed by atoms with Gasteiger partial charge in [0.25, 0.3) is 0 Å². The Morgan fingerprint density at radius 2 is 0.339 bits per heavy atom. The lowest BCUT2D eigenvalue weighted by Gasteiger charge is -2.08. The van der Waals surface area contributed by atoms with Crippen LogP contribution in [-0.2, 0) is 56.8 Å². The van der Waals surface area contributed by atoms with E-state index in [1.807, 2.05) is 0 Å². The summed E-state index contributed by atoms with van der Waals surface area (Å²) in [4.78, 5) is 0. The van der Waals surface area contributed by atoms with Gasteiger partial charge in [0.2, 0.25) is 0 Å². The molecule has 0 saturated carbocycles. The monoisotopic (exact) mass is 935 g/mol. The van der Waals surface area contributed by atoms with E-state index in [-0.39, 0.29) is 13.2 Å². The highest BCUT2D eigenvalue weighted by atomic mass is 33.1. The molecule has 0 unspecified atom stereocenters. The molecular formula is C46H94O14S2. The molecule has 0 atom stereocenters. The van der Waals surface area contributed by atoms with Gasteiger partial charge in [-0.1, -0.05) is 111 Å². The second-order valence-corrected chi connectivity index (χ2v) is 17.5. The van der Waals surface area contributed by atoms with Crippen molar-refractivity contribution in [3.8, 4) is 0 Å². The molecule has 0 radical (unpaired) electrons. The molecule has 0 aromatic rings. The van der Waals surface area contributed by atoms with E-state index in [9.17, 15) is 0 Å². The lowest BCUT2D eigenvalue weighted by atomic mass is 10.1. The lowest BCUT2D eigenvalue weighted by molar-refractivity contribution is -0.0182. The van der Waals surface area contributed by atoms with E-state index in [1.165, 1.54) is 114 Å². The predicted molar refractivity (Wildman–Crippen MR) is 252 cm³/mol. The van der Waals surface area contributed by atoms with Gasteiger partial charge in [0.05, 0.1) is 159 Å². The summed E-state index contributed by atoms with van der Waals surface area (Å²) in [5, 5.41) is 17.2. The zero-order valence-electron chi connectivity index (χ0n) is 39.1. The van der Waals surface area contributed by atoms with Gasteiger partial charge < -0.3 is 67.1 Å². The maximum absolute atomic E-state index is 8.61. The molecule has 0 rings (SSSR count). The summed E-state index contributed by atoms with van der Waals surface area (Å²) in [5.74, 6) is 2.61. The summed E-state index contributed by atoms with van der Waals surface area (Å²) < 4.78 is 65.3. The molecule has 0 saturated heterocycles. The zero-order valence-corrected chi connectivity index (χ0v) is 40.8. The number of rotatable bonds is 59. The van der Waals surface area contributed by atoms with Crippen LogP contribution in [0.15, 0.2) is 0 Å². The zero-order chi connectivity index (χ0) is 44.4. The maximum Gasteiger partial charge on any atom is 0.0701 e. The van der Waals surface area contributed by atoms with Crippen molar-refractivity contribution in [3.63, 3.8) is 0 Å². The van der Waals surface area contributed by atoms with Crippen molar-refractivity contribution in [3.05, 3.63) is 0 Å². The Labute approximate surface area is 386 Å². The minimum absolute atomic E-state index is 0.0368. The molecule has 374 valence electrons. The normalized spacial score (nSPS) is 11.7. The molecule has 0 aromatic carbocycles. The number of hydrogen-bond acceptors (Lipinski definition) is 16. The van der Waals surface area contributed by atoms with Crippen molar-refractivity contribution in [1.29, 1.82) is 0 Å². The Bertz CT molecular complexity index is 709. The van der Waals surface area contributed by atoms with Crippen LogP contribution in [0.25, 0.3) is 0 Å². The third kappa shape index (κ3) is 60.1. The van der Waals surface area contributed by atoms with Crippen LogP contribution >= 0.6 is 21.6 Å². The summed E-state index contributed by atoms with van der Waals surface area (Å²) in [6.45, 7) is 13.4. The van der Waals surface area contributed by atoms with E-state index in [0.717, 1.165) is 26.1 Å². The fourth-order valence-electron chi connectivity index (χ4n) is 5.86. The third-order valence-electron chi connectivity index (χ3n) is 9.31. The van der Waals surface area contributed by atoms with E-state index in [0.29, 0.717) is 145 Å². The topological polar surface area (TPSA) is 151 Å². The molecule has 0 fully saturated rings. The summed E-state index contributed by atoms with van der Waals surface area (Å²) >= 11 is 0. The van der Waals surface area contributed by atoms with Gasteiger partial charge in [-0.2, -0.15) is 0 Å². The van der Waals surface area contributed by atoms with Crippen molar-refractivity contribution >= 4 is 21.6 Å². The minimum atomic E-state index is 0.0368. The first kappa shape index (κ1) is 62.1. The Morgan fingerprint density at radius 3 is 0.548 bits per heavy atom. The van der Waals surface area contributed by atoms with Crippen LogP contribution in [0.3, 0.4) is 0 Å². The molecule has 62 heavy (non-hydrogen) atoms. The molecule has 14 nitrogen and oxygen atoms in total. The molecule has 0 spiro atoms. The van der Waals surface area contributed by atoms with Gasteiger partial charge in [-0.25, -0.2) is 0 Å². The molecule has 0 bridgehead atoms. The van der Waals surface area contributed by atoms with Crippen molar-refractivity contribution < 1.29 is 67.1 Å². The van der Waals surface area contributed by atoms with Crippen LogP contribution in [-0.4, -0.2) is 193 Å². The molecular weight excluding hydrogens is 841 g/mol. The van der Waals surface area contributed by atoms with E-state index >= 15 is 0 Å². The quantitative estimate of drug-likeness (QED) is 0.0455. The molecule has 0 aromatic heterocycles. The SMILES string of the molecule is OCCOCCOCCOCCOCCOCCOCCCCCCCCCCCSSCCCCCCCCCCCOCCOCCOCCOCCOCCOCCO. The van der Waals surface area contributed by atoms with Crippen LogP contribution in [0.1, 0.15) is 116 Å². The van der Waals surface area contributed by atoms with Crippen molar-refractivity contribution in [2.24, 2.45) is 0 Å². The first-order valence-corrected chi connectivity index (χ1v) is 26.8. The average molecular weight is 935 g/mol. The number of hydrogen-bond donors (Lipinski definition) is 2. The highest BCUT2D eigenvalue weighted by molar-refractivity contribution is 8.76. The average Bonchev–Trinajstić information content (AvgIpc) is 3.28. The standard InChI is InChI=1S/C46H94O14S2/c47-19-23-51-27-31-55-35-39-59-43-41-57-37-33-53-29-25-49-21-15-11-7-3-1-5-9-13-17-45-61-62-46-18-14-10-6-2-4-8-12-16-22-50-26-30-54-34-38-58-42-44-60-40-36-56-32-28-52-24-20-48/h47-48H,1-46H2. The Kier molecular flexibility index (Phi) is 61.3. The summed E-state index contributed by atoms with van der Waals surface area (Å²) in [6.07, 6.45) is 23.9. The van der Waals surface area contributed by atoms with Crippen LogP contribution in [0.4, 0.5) is 0 Å². The first-order valence-electron chi connectivity index (χ1n) is 24.3. The predicted octanol–water partition coefficient (Wildman–Crippen LogP) is 7.57. The number of aliphatic hydroxyl groups excluding tert-OH is 2. The van der Waals surface area contributed by atoms with Gasteiger partial charge in [0.15, 0.2) is 0 Å². The van der Waals surface area contributed by atoms with Gasteiger partial charge in [-0.15, -0.1) is 0 Å². The van der Waals surface area contributed by atoms with Crippen LogP contribution in [0, 0.1) is 0 Å². The largest absolute Gasteiger partial charge is 0.394 e. The number of unbranched alkanes of at least 4 members (excludes halogenated alkanes) is 16. The summed E-state index contributed by atoms with van der Waals surface area (Å²) in [7, 11) is 4.17. The molecule has 0 heterocycles. The minimum Gasteiger partial charge on any atom is -0.394 e. The highest BCUT2D eigenvalue weighted by Gasteiger charge is 1.99. The van der Waals surface area contributed by atoms with Crippen LogP contribution < -0.4 is 0 Å². The Balaban J connectivity index is 3.06. The second kappa shape index (κ2) is 61.1. The molecule has 16 heteroatoms. The fourth-order valence-corrected chi connectivity index (χ4v) is 8.15. The maximum atomic E-state index is 8.61. The summed E-state index contributed by atoms with van der Waals surface area (Å²) in [5.41, 5.74) is 0.